The van der Waals surface area contributed by atoms with Gasteiger partial charge in [0.1, 0.15) is 0 Å². The zero-order valence-corrected chi connectivity index (χ0v) is 16.8. The monoisotopic (exact) mass is 391 g/mol. The summed E-state index contributed by atoms with van der Waals surface area (Å²) in [5, 5.41) is 5.26. The van der Waals surface area contributed by atoms with E-state index in [9.17, 15) is 13.2 Å². The second-order valence-corrected chi connectivity index (χ2v) is 10.4. The van der Waals surface area contributed by atoms with Crippen molar-refractivity contribution in [3.05, 3.63) is 23.0 Å². The van der Waals surface area contributed by atoms with Crippen molar-refractivity contribution in [2.45, 2.75) is 52.0 Å². The molecule has 1 atom stereocenters. The molecule has 0 bridgehead atoms. The van der Waals surface area contributed by atoms with Crippen LogP contribution in [0.2, 0.25) is 0 Å². The number of carbonyl (C=O) groups is 1. The summed E-state index contributed by atoms with van der Waals surface area (Å²) >= 11 is 0. The summed E-state index contributed by atoms with van der Waals surface area (Å²) in [5.74, 6) is 0.499. The fourth-order valence-electron chi connectivity index (χ4n) is 3.62. The number of ether oxygens (including phenoxy) is 1. The van der Waals surface area contributed by atoms with Gasteiger partial charge in [0.2, 0.25) is 0 Å². The number of aromatic nitrogens is 3. The Morgan fingerprint density at radius 2 is 2.07 bits per heavy atom. The van der Waals surface area contributed by atoms with Crippen LogP contribution in [0.4, 0.5) is 0 Å². The summed E-state index contributed by atoms with van der Waals surface area (Å²) in [4.78, 5) is 17.5. The lowest BCUT2D eigenvalue weighted by molar-refractivity contribution is 0.0461. The lowest BCUT2D eigenvalue weighted by Crippen LogP contribution is -2.14. The maximum absolute atomic E-state index is 12.8. The first-order chi connectivity index (χ1) is 12.7. The van der Waals surface area contributed by atoms with Crippen LogP contribution < -0.4 is 0 Å². The maximum atomic E-state index is 12.8. The molecule has 1 aliphatic heterocycles. The Morgan fingerprint density at radius 3 is 2.67 bits per heavy atom. The highest BCUT2D eigenvalue weighted by atomic mass is 32.2. The lowest BCUT2D eigenvalue weighted by Gasteiger charge is -2.12. The topological polar surface area (TPSA) is 91.1 Å². The normalized spacial score (nSPS) is 21.9. The Labute approximate surface area is 159 Å². The lowest BCUT2D eigenvalue weighted by atomic mass is 10.1. The zero-order chi connectivity index (χ0) is 19.3. The number of pyridine rings is 1. The molecule has 4 rings (SSSR count). The quantitative estimate of drug-likeness (QED) is 0.728. The van der Waals surface area contributed by atoms with Crippen LogP contribution in [-0.4, -0.2) is 47.3 Å². The number of hydrogen-bond acceptors (Lipinski definition) is 6. The molecule has 0 spiro atoms. The number of nitrogens with zero attached hydrogens (tertiary/aromatic N) is 3. The van der Waals surface area contributed by atoms with Crippen molar-refractivity contribution in [1.29, 1.82) is 0 Å². The number of carbonyl (C=O) groups excluding carboxylic acids is 1. The largest absolute Gasteiger partial charge is 0.462 e. The van der Waals surface area contributed by atoms with Crippen molar-refractivity contribution in [1.82, 2.24) is 14.8 Å². The molecule has 0 radical (unpaired) electrons. The minimum Gasteiger partial charge on any atom is -0.462 e. The second kappa shape index (κ2) is 6.58. The summed E-state index contributed by atoms with van der Waals surface area (Å²) in [6, 6.07) is 1.61. The molecule has 0 unspecified atom stereocenters. The van der Waals surface area contributed by atoms with Crippen molar-refractivity contribution in [2.75, 3.05) is 18.1 Å². The van der Waals surface area contributed by atoms with Crippen molar-refractivity contribution in [3.8, 4) is 0 Å². The van der Waals surface area contributed by atoms with Gasteiger partial charge in [-0.3, -0.25) is 0 Å². The van der Waals surface area contributed by atoms with Gasteiger partial charge < -0.3 is 4.74 Å². The molecule has 2 aliphatic rings. The molecule has 0 aromatic carbocycles. The summed E-state index contributed by atoms with van der Waals surface area (Å²) in [5.41, 5.74) is 2.66. The third-order valence-corrected chi connectivity index (χ3v) is 6.92. The van der Waals surface area contributed by atoms with E-state index in [4.69, 9.17) is 9.72 Å². The highest BCUT2D eigenvalue weighted by Gasteiger charge is 2.34. The van der Waals surface area contributed by atoms with Crippen molar-refractivity contribution in [2.24, 2.45) is 5.92 Å². The van der Waals surface area contributed by atoms with E-state index in [1.165, 1.54) is 0 Å². The summed E-state index contributed by atoms with van der Waals surface area (Å²) in [7, 11) is -3.04. The Kier molecular flexibility index (Phi) is 4.49. The number of esters is 1. The molecule has 27 heavy (non-hydrogen) atoms. The number of rotatable bonds is 5. The van der Waals surface area contributed by atoms with Crippen LogP contribution in [0.15, 0.2) is 6.07 Å². The average molecular weight is 391 g/mol. The molecule has 2 aromatic heterocycles. The van der Waals surface area contributed by atoms with Crippen LogP contribution in [0, 0.1) is 12.8 Å². The maximum Gasteiger partial charge on any atom is 0.339 e. The third kappa shape index (κ3) is 3.59. The molecule has 8 heteroatoms. The van der Waals surface area contributed by atoms with Crippen LogP contribution in [0.1, 0.15) is 66.8 Å². The van der Waals surface area contributed by atoms with Gasteiger partial charge in [-0.15, -0.1) is 0 Å². The fraction of sp³-hybridized carbons (Fsp3) is 0.632. The van der Waals surface area contributed by atoms with Crippen molar-refractivity contribution >= 4 is 26.8 Å². The van der Waals surface area contributed by atoms with Gasteiger partial charge in [0.15, 0.2) is 15.5 Å². The molecule has 0 N–H and O–H groups in total. The van der Waals surface area contributed by atoms with Gasteiger partial charge in [-0.2, -0.15) is 5.10 Å². The molecule has 3 heterocycles. The molecule has 2 fully saturated rings. The Hall–Kier alpha value is -1.96. The second-order valence-electron chi connectivity index (χ2n) is 8.15. The van der Waals surface area contributed by atoms with Crippen molar-refractivity contribution < 1.29 is 17.9 Å². The Balaban J connectivity index is 1.82. The average Bonchev–Trinajstić information content (AvgIpc) is 3.32. The van der Waals surface area contributed by atoms with Gasteiger partial charge in [0.25, 0.3) is 0 Å². The van der Waals surface area contributed by atoms with Gasteiger partial charge in [-0.25, -0.2) is 22.9 Å². The number of fused-ring (bicyclic) bond motifs is 1. The highest BCUT2D eigenvalue weighted by Crippen LogP contribution is 2.41. The van der Waals surface area contributed by atoms with Gasteiger partial charge in [0, 0.05) is 11.6 Å². The van der Waals surface area contributed by atoms with Gasteiger partial charge in [-0.05, 0) is 38.2 Å². The standard InChI is InChI=1S/C19H25N3O4S/c1-11(2)9-26-19(23)15-8-16(13-4-5-13)20-18-17(15)12(3)21-22(18)14-6-7-27(24,25)10-14/h8,11,13-14H,4-7,9-10H2,1-3H3/t14-/m1/s1. The minimum absolute atomic E-state index is 0.0751. The summed E-state index contributed by atoms with van der Waals surface area (Å²) in [6.07, 6.45) is 2.65. The zero-order valence-electron chi connectivity index (χ0n) is 15.9. The number of hydrogen-bond donors (Lipinski definition) is 0. The van der Waals surface area contributed by atoms with Crippen LogP contribution in [0.3, 0.4) is 0 Å². The van der Waals surface area contributed by atoms with Gasteiger partial charge >= 0.3 is 5.97 Å². The smallest absolute Gasteiger partial charge is 0.339 e. The van der Waals surface area contributed by atoms with E-state index in [2.05, 4.69) is 5.10 Å². The molecule has 2 aromatic rings. The minimum atomic E-state index is -3.04. The number of aryl methyl sites for hydroxylation is 1. The Bertz CT molecular complexity index is 1010. The van der Waals surface area contributed by atoms with Crippen LogP contribution in [0.5, 0.6) is 0 Å². The van der Waals surface area contributed by atoms with E-state index in [0.29, 0.717) is 41.2 Å². The molecular formula is C19H25N3O4S. The van der Waals surface area contributed by atoms with E-state index in [1.54, 1.807) is 4.68 Å². The van der Waals surface area contributed by atoms with Crippen LogP contribution >= 0.6 is 0 Å². The fourth-order valence-corrected chi connectivity index (χ4v) is 5.32. The molecule has 1 aliphatic carbocycles. The molecule has 1 saturated heterocycles. The molecular weight excluding hydrogens is 366 g/mol. The van der Waals surface area contributed by atoms with E-state index < -0.39 is 9.84 Å². The number of sulfone groups is 1. The predicted molar refractivity (Wildman–Crippen MR) is 102 cm³/mol. The molecule has 1 saturated carbocycles. The summed E-state index contributed by atoms with van der Waals surface area (Å²) < 4.78 is 31.1. The summed E-state index contributed by atoms with van der Waals surface area (Å²) in [6.45, 7) is 6.18. The first-order valence-electron chi connectivity index (χ1n) is 9.52. The van der Waals surface area contributed by atoms with E-state index in [0.717, 1.165) is 18.5 Å². The third-order valence-electron chi connectivity index (χ3n) is 5.17. The predicted octanol–water partition coefficient (Wildman–Crippen LogP) is 2.79. The van der Waals surface area contributed by atoms with E-state index in [-0.39, 0.29) is 29.4 Å². The Morgan fingerprint density at radius 1 is 1.33 bits per heavy atom. The highest BCUT2D eigenvalue weighted by molar-refractivity contribution is 7.91. The van der Waals surface area contributed by atoms with Gasteiger partial charge in [0.05, 0.1) is 40.8 Å². The molecule has 7 nitrogen and oxygen atoms in total. The first-order valence-corrected chi connectivity index (χ1v) is 11.3. The van der Waals surface area contributed by atoms with Crippen molar-refractivity contribution in [3.63, 3.8) is 0 Å². The van der Waals surface area contributed by atoms with E-state index in [1.807, 2.05) is 26.8 Å². The van der Waals surface area contributed by atoms with E-state index >= 15 is 0 Å². The van der Waals surface area contributed by atoms with Crippen LogP contribution in [0.25, 0.3) is 11.0 Å². The van der Waals surface area contributed by atoms with Gasteiger partial charge in [-0.1, -0.05) is 13.8 Å². The SMILES string of the molecule is Cc1nn([C@@H]2CCS(=O)(=O)C2)c2nc(C3CC3)cc(C(=O)OCC(C)C)c12. The molecule has 0 amide bonds. The van der Waals surface area contributed by atoms with Crippen LogP contribution in [-0.2, 0) is 14.6 Å². The molecule has 146 valence electrons. The first kappa shape index (κ1) is 18.4.